The van der Waals surface area contributed by atoms with Crippen LogP contribution in [0, 0.1) is 13.8 Å². The molecule has 0 saturated carbocycles. The Kier molecular flexibility index (Phi) is 6.76. The van der Waals surface area contributed by atoms with E-state index in [1.807, 2.05) is 0 Å². The van der Waals surface area contributed by atoms with E-state index in [0.717, 1.165) is 32.0 Å². The van der Waals surface area contributed by atoms with Crippen LogP contribution >= 0.6 is 0 Å². The number of para-hydroxylation sites is 1. The van der Waals surface area contributed by atoms with Crippen LogP contribution in [0.2, 0.25) is 0 Å². The van der Waals surface area contributed by atoms with Gasteiger partial charge in [-0.1, -0.05) is 18.2 Å². The molecule has 0 amide bonds. The highest BCUT2D eigenvalue weighted by Gasteiger charge is 2.02. The van der Waals surface area contributed by atoms with Crippen LogP contribution in [0.15, 0.2) is 18.2 Å². The maximum absolute atomic E-state index is 5.82. The Labute approximate surface area is 111 Å². The Morgan fingerprint density at radius 3 is 2.39 bits per heavy atom. The molecule has 0 aromatic heterocycles. The van der Waals surface area contributed by atoms with Gasteiger partial charge in [0.2, 0.25) is 0 Å². The van der Waals surface area contributed by atoms with Crippen LogP contribution in [0.25, 0.3) is 0 Å². The summed E-state index contributed by atoms with van der Waals surface area (Å²) in [4.78, 5) is 2.20. The minimum Gasteiger partial charge on any atom is -0.492 e. The maximum atomic E-state index is 5.82. The number of benzene rings is 1. The Hall–Kier alpha value is -1.06. The van der Waals surface area contributed by atoms with E-state index in [1.54, 1.807) is 0 Å². The predicted octanol–water partition coefficient (Wildman–Crippen LogP) is 2.22. The van der Waals surface area contributed by atoms with Gasteiger partial charge in [0, 0.05) is 6.54 Å². The molecule has 0 saturated heterocycles. The summed E-state index contributed by atoms with van der Waals surface area (Å²) < 4.78 is 5.82. The molecule has 0 atom stereocenters. The lowest BCUT2D eigenvalue weighted by Gasteiger charge is -2.13. The molecule has 0 unspecified atom stereocenters. The highest BCUT2D eigenvalue weighted by atomic mass is 16.5. The maximum Gasteiger partial charge on any atom is 0.125 e. The van der Waals surface area contributed by atoms with Crippen molar-refractivity contribution in [2.75, 3.05) is 40.3 Å². The molecule has 1 rings (SSSR count). The van der Waals surface area contributed by atoms with E-state index in [9.17, 15) is 0 Å². The smallest absolute Gasteiger partial charge is 0.125 e. The lowest BCUT2D eigenvalue weighted by atomic mass is 10.1. The van der Waals surface area contributed by atoms with E-state index < -0.39 is 0 Å². The summed E-state index contributed by atoms with van der Waals surface area (Å²) in [6.45, 7) is 7.99. The first-order valence-electron chi connectivity index (χ1n) is 6.65. The lowest BCUT2D eigenvalue weighted by Crippen LogP contribution is -2.25. The number of nitrogens with zero attached hydrogens (tertiary/aromatic N) is 1. The minimum absolute atomic E-state index is 0.730. The van der Waals surface area contributed by atoms with Gasteiger partial charge in [-0.3, -0.25) is 0 Å². The van der Waals surface area contributed by atoms with Gasteiger partial charge in [0.15, 0.2) is 0 Å². The van der Waals surface area contributed by atoms with Crippen molar-refractivity contribution >= 4 is 0 Å². The van der Waals surface area contributed by atoms with Crippen LogP contribution in [0.3, 0.4) is 0 Å². The number of ether oxygens (including phenoxy) is 1. The molecular weight excluding hydrogens is 224 g/mol. The zero-order valence-corrected chi connectivity index (χ0v) is 12.1. The molecule has 1 N–H and O–H groups in total. The zero-order chi connectivity index (χ0) is 13.4. The fraction of sp³-hybridized carbons (Fsp3) is 0.600. The highest BCUT2D eigenvalue weighted by molar-refractivity contribution is 5.39. The second-order valence-corrected chi connectivity index (χ2v) is 4.98. The molecule has 18 heavy (non-hydrogen) atoms. The second kappa shape index (κ2) is 8.11. The molecule has 1 aromatic rings. The second-order valence-electron chi connectivity index (χ2n) is 4.98. The average Bonchev–Trinajstić information content (AvgIpc) is 2.30. The van der Waals surface area contributed by atoms with Gasteiger partial charge in [0.25, 0.3) is 0 Å². The van der Waals surface area contributed by atoms with Gasteiger partial charge in [-0.2, -0.15) is 0 Å². The van der Waals surface area contributed by atoms with Crippen molar-refractivity contribution < 1.29 is 4.74 Å². The SMILES string of the molecule is Cc1cccc(C)c1OCCNCCCN(C)C. The highest BCUT2D eigenvalue weighted by Crippen LogP contribution is 2.21. The number of hydrogen-bond acceptors (Lipinski definition) is 3. The van der Waals surface area contributed by atoms with Gasteiger partial charge < -0.3 is 15.0 Å². The van der Waals surface area contributed by atoms with Crippen molar-refractivity contribution in [3.8, 4) is 5.75 Å². The van der Waals surface area contributed by atoms with E-state index >= 15 is 0 Å². The first-order valence-corrected chi connectivity index (χ1v) is 6.65. The molecular formula is C15H26N2O. The minimum atomic E-state index is 0.730. The predicted molar refractivity (Wildman–Crippen MR) is 77.5 cm³/mol. The molecule has 102 valence electrons. The van der Waals surface area contributed by atoms with Crippen molar-refractivity contribution in [1.82, 2.24) is 10.2 Å². The van der Waals surface area contributed by atoms with Gasteiger partial charge in [-0.15, -0.1) is 0 Å². The first-order chi connectivity index (χ1) is 8.61. The summed E-state index contributed by atoms with van der Waals surface area (Å²) in [6.07, 6.45) is 1.18. The van der Waals surface area contributed by atoms with Crippen LogP contribution < -0.4 is 10.1 Å². The van der Waals surface area contributed by atoms with Crippen LogP contribution in [0.4, 0.5) is 0 Å². The van der Waals surface area contributed by atoms with Crippen LogP contribution in [-0.2, 0) is 0 Å². The topological polar surface area (TPSA) is 24.5 Å². The summed E-state index contributed by atoms with van der Waals surface area (Å²) in [7, 11) is 4.20. The Morgan fingerprint density at radius 2 is 1.78 bits per heavy atom. The van der Waals surface area contributed by atoms with E-state index in [0.29, 0.717) is 0 Å². The van der Waals surface area contributed by atoms with Crippen LogP contribution in [-0.4, -0.2) is 45.2 Å². The lowest BCUT2D eigenvalue weighted by molar-refractivity contribution is 0.307. The molecule has 0 heterocycles. The Balaban J connectivity index is 2.14. The normalized spacial score (nSPS) is 10.9. The van der Waals surface area contributed by atoms with Crippen molar-refractivity contribution in [2.45, 2.75) is 20.3 Å². The van der Waals surface area contributed by atoms with Gasteiger partial charge >= 0.3 is 0 Å². The number of hydrogen-bond donors (Lipinski definition) is 1. The van der Waals surface area contributed by atoms with Crippen molar-refractivity contribution in [3.05, 3.63) is 29.3 Å². The zero-order valence-electron chi connectivity index (χ0n) is 12.1. The Bertz CT molecular complexity index is 330. The standard InChI is InChI=1S/C15H26N2O/c1-13-7-5-8-14(2)15(13)18-12-10-16-9-6-11-17(3)4/h5,7-8,16H,6,9-12H2,1-4H3. The quantitative estimate of drug-likeness (QED) is 0.716. The summed E-state index contributed by atoms with van der Waals surface area (Å²) in [5.41, 5.74) is 2.42. The van der Waals surface area contributed by atoms with Gasteiger partial charge in [0.1, 0.15) is 12.4 Å². The molecule has 3 heteroatoms. The molecule has 0 aliphatic carbocycles. The van der Waals surface area contributed by atoms with Crippen molar-refractivity contribution in [2.24, 2.45) is 0 Å². The molecule has 0 fully saturated rings. The monoisotopic (exact) mass is 250 g/mol. The third-order valence-electron chi connectivity index (χ3n) is 2.89. The van der Waals surface area contributed by atoms with E-state index in [4.69, 9.17) is 4.74 Å². The summed E-state index contributed by atoms with van der Waals surface area (Å²) >= 11 is 0. The molecule has 0 bridgehead atoms. The third kappa shape index (κ3) is 5.52. The van der Waals surface area contributed by atoms with E-state index in [-0.39, 0.29) is 0 Å². The molecule has 0 spiro atoms. The largest absolute Gasteiger partial charge is 0.492 e. The van der Waals surface area contributed by atoms with E-state index in [2.05, 4.69) is 56.4 Å². The van der Waals surface area contributed by atoms with Crippen LogP contribution in [0.5, 0.6) is 5.75 Å². The number of nitrogens with one attached hydrogen (secondary N) is 1. The summed E-state index contributed by atoms with van der Waals surface area (Å²) in [6, 6.07) is 6.25. The van der Waals surface area contributed by atoms with Crippen LogP contribution in [0.1, 0.15) is 17.5 Å². The molecule has 3 nitrogen and oxygen atoms in total. The van der Waals surface area contributed by atoms with E-state index in [1.165, 1.54) is 17.5 Å². The third-order valence-corrected chi connectivity index (χ3v) is 2.89. The fourth-order valence-electron chi connectivity index (χ4n) is 1.90. The molecule has 0 aliphatic heterocycles. The van der Waals surface area contributed by atoms with Crippen molar-refractivity contribution in [1.29, 1.82) is 0 Å². The average molecular weight is 250 g/mol. The number of rotatable bonds is 8. The molecule has 1 aromatic carbocycles. The molecule has 0 radical (unpaired) electrons. The number of aryl methyl sites for hydroxylation is 2. The summed E-state index contributed by atoms with van der Waals surface area (Å²) in [5.74, 6) is 1.03. The van der Waals surface area contributed by atoms with Crippen molar-refractivity contribution in [3.63, 3.8) is 0 Å². The van der Waals surface area contributed by atoms with Gasteiger partial charge in [-0.05, 0) is 58.6 Å². The van der Waals surface area contributed by atoms with Gasteiger partial charge in [-0.25, -0.2) is 0 Å². The molecule has 0 aliphatic rings. The first kappa shape index (κ1) is 15.0. The summed E-state index contributed by atoms with van der Waals surface area (Å²) in [5, 5.41) is 3.40. The Morgan fingerprint density at radius 1 is 1.11 bits per heavy atom. The van der Waals surface area contributed by atoms with Gasteiger partial charge in [0.05, 0.1) is 0 Å². The fourth-order valence-corrected chi connectivity index (χ4v) is 1.90.